The molecular weight excluding hydrogens is 538 g/mol. The first kappa shape index (κ1) is 27.1. The Hall–Kier alpha value is -5.12. The summed E-state index contributed by atoms with van der Waals surface area (Å²) in [5, 5.41) is 9.41. The van der Waals surface area contributed by atoms with Crippen LogP contribution in [0.3, 0.4) is 0 Å². The van der Waals surface area contributed by atoms with Crippen molar-refractivity contribution in [3.8, 4) is 23.0 Å². The third-order valence-corrected chi connectivity index (χ3v) is 6.81. The smallest absolute Gasteiger partial charge is 0.197 e. The number of rotatable bonds is 9. The van der Waals surface area contributed by atoms with Gasteiger partial charge in [0.1, 0.15) is 23.1 Å². The molecule has 4 aromatic heterocycles. The second-order valence-corrected chi connectivity index (χ2v) is 10.3. The zero-order valence-electron chi connectivity index (χ0n) is 23.4. The first-order chi connectivity index (χ1) is 20.2. The van der Waals surface area contributed by atoms with E-state index in [0.29, 0.717) is 46.4 Å². The van der Waals surface area contributed by atoms with Crippen LogP contribution in [0.2, 0.25) is 0 Å². The van der Waals surface area contributed by atoms with E-state index in [2.05, 4.69) is 23.6 Å². The molecule has 0 unspecified atom stereocenters. The minimum Gasteiger partial charge on any atom is -0.453 e. The summed E-state index contributed by atoms with van der Waals surface area (Å²) in [5.74, 6) is 1.18. The number of halogens is 2. The highest BCUT2D eigenvalue weighted by atomic mass is 19.1. The lowest BCUT2D eigenvalue weighted by atomic mass is 10.0. The monoisotopic (exact) mass is 566 g/mol. The topological polar surface area (TPSA) is 78.8 Å². The van der Waals surface area contributed by atoms with Gasteiger partial charge in [0.05, 0.1) is 35.2 Å². The fraction of sp³-hybridized carbons (Fsp3) is 0.188. The lowest BCUT2D eigenvalue weighted by Crippen LogP contribution is -2.05. The van der Waals surface area contributed by atoms with Gasteiger partial charge in [0, 0.05) is 24.1 Å². The highest BCUT2D eigenvalue weighted by molar-refractivity contribution is 5.64. The maximum atomic E-state index is 13.8. The van der Waals surface area contributed by atoms with Crippen molar-refractivity contribution in [1.29, 1.82) is 0 Å². The van der Waals surface area contributed by atoms with Crippen LogP contribution in [0, 0.1) is 18.6 Å². The second-order valence-electron chi connectivity index (χ2n) is 10.3. The average Bonchev–Trinajstić information content (AvgIpc) is 3.55. The molecular formula is C32H28F2N6O2. The van der Waals surface area contributed by atoms with E-state index in [1.807, 2.05) is 32.3 Å². The number of imidazole rings is 2. The zero-order valence-corrected chi connectivity index (χ0v) is 23.4. The van der Waals surface area contributed by atoms with Gasteiger partial charge in [-0.25, -0.2) is 27.8 Å². The lowest BCUT2D eigenvalue weighted by molar-refractivity contribution is 0.473. The van der Waals surface area contributed by atoms with Gasteiger partial charge >= 0.3 is 0 Å². The lowest BCUT2D eigenvalue weighted by Gasteiger charge is -2.13. The van der Waals surface area contributed by atoms with Crippen molar-refractivity contribution in [3.05, 3.63) is 114 Å². The number of allylic oxidation sites excluding steroid dienone is 1. The first-order valence-electron chi connectivity index (χ1n) is 13.5. The molecule has 10 heteroatoms. The molecule has 0 saturated carbocycles. The number of aromatic nitrogens is 6. The maximum Gasteiger partial charge on any atom is 0.197 e. The summed E-state index contributed by atoms with van der Waals surface area (Å²) in [6.45, 7) is 9.84. The van der Waals surface area contributed by atoms with E-state index in [1.165, 1.54) is 24.3 Å². The maximum absolute atomic E-state index is 13.8. The van der Waals surface area contributed by atoms with E-state index in [0.717, 1.165) is 29.1 Å². The molecule has 1 atom stereocenters. The molecule has 0 amide bonds. The third kappa shape index (κ3) is 5.69. The SMILES string of the molecule is C=C(C)c1cc(Oc2ccc(F)cc2)c2nc(CC[C@H](C)c3cc(Oc4cccc(F)c4)c4nc(C)cn4n3)cn2n1. The van der Waals surface area contributed by atoms with Crippen LogP contribution in [0.1, 0.15) is 49.0 Å². The van der Waals surface area contributed by atoms with Crippen molar-refractivity contribution < 1.29 is 18.3 Å². The second kappa shape index (κ2) is 11.0. The summed E-state index contributed by atoms with van der Waals surface area (Å²) in [6.07, 6.45) is 5.09. The van der Waals surface area contributed by atoms with Crippen LogP contribution in [0.15, 0.2) is 79.6 Å². The van der Waals surface area contributed by atoms with E-state index < -0.39 is 0 Å². The highest BCUT2D eigenvalue weighted by Gasteiger charge is 2.18. The molecule has 0 aliphatic rings. The Kier molecular flexibility index (Phi) is 7.12. The molecule has 8 nitrogen and oxygen atoms in total. The van der Waals surface area contributed by atoms with Crippen molar-refractivity contribution in [3.63, 3.8) is 0 Å². The molecule has 0 bridgehead atoms. The minimum absolute atomic E-state index is 0.0330. The van der Waals surface area contributed by atoms with Crippen LogP contribution in [-0.4, -0.2) is 29.2 Å². The molecule has 0 saturated heterocycles. The van der Waals surface area contributed by atoms with Gasteiger partial charge in [0.15, 0.2) is 22.8 Å². The number of nitrogens with zero attached hydrogens (tertiary/aromatic N) is 6. The molecule has 0 fully saturated rings. The van der Waals surface area contributed by atoms with Gasteiger partial charge in [-0.15, -0.1) is 0 Å². The van der Waals surface area contributed by atoms with Crippen molar-refractivity contribution in [1.82, 2.24) is 29.2 Å². The van der Waals surface area contributed by atoms with Crippen LogP contribution in [0.5, 0.6) is 23.0 Å². The van der Waals surface area contributed by atoms with Gasteiger partial charge in [-0.2, -0.15) is 10.2 Å². The predicted octanol–water partition coefficient (Wildman–Crippen LogP) is 7.71. The zero-order chi connectivity index (χ0) is 29.4. The number of hydrogen-bond acceptors (Lipinski definition) is 6. The van der Waals surface area contributed by atoms with Gasteiger partial charge in [-0.1, -0.05) is 19.6 Å². The third-order valence-electron chi connectivity index (χ3n) is 6.81. The van der Waals surface area contributed by atoms with Crippen LogP contribution in [0.4, 0.5) is 8.78 Å². The van der Waals surface area contributed by atoms with Gasteiger partial charge in [-0.05, 0) is 68.7 Å². The molecule has 2 aromatic carbocycles. The van der Waals surface area contributed by atoms with Crippen molar-refractivity contribution in [2.45, 2.75) is 39.5 Å². The molecule has 6 aromatic rings. The summed E-state index contributed by atoms with van der Waals surface area (Å²) in [5.41, 5.74) is 4.97. The molecule has 212 valence electrons. The Bertz CT molecular complexity index is 1930. The van der Waals surface area contributed by atoms with Gasteiger partial charge in [-0.3, -0.25) is 0 Å². The fourth-order valence-corrected chi connectivity index (χ4v) is 4.60. The number of ether oxygens (including phenoxy) is 2. The Morgan fingerprint density at radius 3 is 2.33 bits per heavy atom. The first-order valence-corrected chi connectivity index (χ1v) is 13.5. The highest BCUT2D eigenvalue weighted by Crippen LogP contribution is 2.31. The molecule has 42 heavy (non-hydrogen) atoms. The molecule has 0 aliphatic carbocycles. The van der Waals surface area contributed by atoms with E-state index in [-0.39, 0.29) is 17.6 Å². The summed E-state index contributed by atoms with van der Waals surface area (Å²) in [7, 11) is 0. The van der Waals surface area contributed by atoms with Crippen molar-refractivity contribution in [2.75, 3.05) is 0 Å². The largest absolute Gasteiger partial charge is 0.453 e. The summed E-state index contributed by atoms with van der Waals surface area (Å²) in [4.78, 5) is 9.34. The molecule has 6 rings (SSSR count). The number of fused-ring (bicyclic) bond motifs is 2. The van der Waals surface area contributed by atoms with Gasteiger partial charge in [0.25, 0.3) is 0 Å². The average molecular weight is 567 g/mol. The molecule has 0 aliphatic heterocycles. The predicted molar refractivity (Wildman–Crippen MR) is 155 cm³/mol. The van der Waals surface area contributed by atoms with E-state index >= 15 is 0 Å². The summed E-state index contributed by atoms with van der Waals surface area (Å²) >= 11 is 0. The number of hydrogen-bond donors (Lipinski definition) is 0. The minimum atomic E-state index is -0.380. The Morgan fingerprint density at radius 1 is 0.857 bits per heavy atom. The molecule has 0 spiro atoms. The van der Waals surface area contributed by atoms with Crippen LogP contribution >= 0.6 is 0 Å². The Labute approximate surface area is 240 Å². The molecule has 0 radical (unpaired) electrons. The van der Waals surface area contributed by atoms with E-state index in [4.69, 9.17) is 19.6 Å². The summed E-state index contributed by atoms with van der Waals surface area (Å²) in [6, 6.07) is 15.5. The molecule has 4 heterocycles. The molecule has 0 N–H and O–H groups in total. The van der Waals surface area contributed by atoms with E-state index in [1.54, 1.807) is 39.4 Å². The van der Waals surface area contributed by atoms with Crippen molar-refractivity contribution in [2.24, 2.45) is 0 Å². The quantitative estimate of drug-likeness (QED) is 0.178. The standard InChI is InChI=1S/C32H28F2N6O2/c1-19(2)27-15-29(41-25-12-9-22(33)10-13-25)32-36-24(18-40(32)37-27)11-8-20(3)28-16-30(31-35-21(4)17-39(31)38-28)42-26-7-5-6-23(34)14-26/h5-7,9-10,12-18,20H,1,8,11H2,2-4H3/t20-/m0/s1. The van der Waals surface area contributed by atoms with Crippen LogP contribution in [0.25, 0.3) is 16.9 Å². The van der Waals surface area contributed by atoms with Gasteiger partial charge in [0.2, 0.25) is 0 Å². The number of aryl methyl sites for hydroxylation is 2. The van der Waals surface area contributed by atoms with Crippen LogP contribution < -0.4 is 9.47 Å². The van der Waals surface area contributed by atoms with Crippen molar-refractivity contribution >= 4 is 16.9 Å². The summed E-state index contributed by atoms with van der Waals surface area (Å²) < 4.78 is 42.7. The fourth-order valence-electron chi connectivity index (χ4n) is 4.60. The van der Waals surface area contributed by atoms with Gasteiger partial charge < -0.3 is 9.47 Å². The number of benzene rings is 2. The Balaban J connectivity index is 1.26. The van der Waals surface area contributed by atoms with E-state index in [9.17, 15) is 8.78 Å². The normalized spacial score (nSPS) is 12.1. The van der Waals surface area contributed by atoms with Crippen LogP contribution in [-0.2, 0) is 6.42 Å². The Morgan fingerprint density at radius 2 is 1.57 bits per heavy atom.